The summed E-state index contributed by atoms with van der Waals surface area (Å²) >= 11 is 1.33. The van der Waals surface area contributed by atoms with E-state index in [1.165, 1.54) is 17.7 Å². The Morgan fingerprint density at radius 1 is 1.15 bits per heavy atom. The number of carbonyl (C=O) groups is 2. The van der Waals surface area contributed by atoms with Gasteiger partial charge in [-0.25, -0.2) is 15.0 Å². The third-order valence-electron chi connectivity index (χ3n) is 7.32. The monoisotopic (exact) mass is 574 g/mol. The van der Waals surface area contributed by atoms with Gasteiger partial charge in [-0.2, -0.15) is 0 Å². The Labute approximate surface area is 243 Å². The lowest BCUT2D eigenvalue weighted by Crippen LogP contribution is -2.46. The summed E-state index contributed by atoms with van der Waals surface area (Å²) in [6.45, 7) is 6.35. The number of nitrogens with zero attached hydrogens (tertiary/aromatic N) is 5. The molecule has 41 heavy (non-hydrogen) atoms. The van der Waals surface area contributed by atoms with Gasteiger partial charge in [0.2, 0.25) is 0 Å². The molecule has 3 heterocycles. The van der Waals surface area contributed by atoms with Crippen LogP contribution in [-0.4, -0.2) is 82.6 Å². The number of methoxy groups -OCH3 is 1. The van der Waals surface area contributed by atoms with E-state index in [1.54, 1.807) is 37.3 Å². The SMILES string of the molecule is CO[C@H]1CN(C)C(=O)c2ccc(NC(=O)c3nc4ccccc4s3)cc2OC[C@H](C)N(Cc2cncnc2)C[C@H]1C. The van der Waals surface area contributed by atoms with Crippen molar-refractivity contribution in [3.63, 3.8) is 0 Å². The second kappa shape index (κ2) is 12.7. The summed E-state index contributed by atoms with van der Waals surface area (Å²) in [6.07, 6.45) is 4.99. The van der Waals surface area contributed by atoms with Gasteiger partial charge in [0.15, 0.2) is 5.01 Å². The van der Waals surface area contributed by atoms with Crippen LogP contribution < -0.4 is 10.1 Å². The second-order valence-electron chi connectivity index (χ2n) is 10.4. The van der Waals surface area contributed by atoms with E-state index in [9.17, 15) is 9.59 Å². The van der Waals surface area contributed by atoms with E-state index in [4.69, 9.17) is 9.47 Å². The van der Waals surface area contributed by atoms with Crippen LogP contribution in [0, 0.1) is 5.92 Å². The van der Waals surface area contributed by atoms with Crippen molar-refractivity contribution in [2.75, 3.05) is 39.2 Å². The van der Waals surface area contributed by atoms with E-state index >= 15 is 0 Å². The molecule has 1 aliphatic heterocycles. The number of para-hydroxylation sites is 1. The standard InChI is InChI=1S/C30H34N6O4S/c1-19-14-36(15-21-12-31-18-32-13-21)20(2)17-40-25-11-22(9-10-23(25)30(38)35(3)16-26(19)39-4)33-28(37)29-34-24-7-5-6-8-27(24)41-29/h5-13,18-20,26H,14-17H2,1-4H3,(H,33,37)/t19-,20+,26+/m1/s1. The molecule has 0 aliphatic carbocycles. The van der Waals surface area contributed by atoms with Crippen LogP contribution in [0.25, 0.3) is 10.2 Å². The number of rotatable bonds is 5. The smallest absolute Gasteiger partial charge is 0.284 e. The Morgan fingerprint density at radius 3 is 2.68 bits per heavy atom. The van der Waals surface area contributed by atoms with E-state index in [-0.39, 0.29) is 29.9 Å². The maximum atomic E-state index is 13.5. The summed E-state index contributed by atoms with van der Waals surface area (Å²) in [7, 11) is 3.45. The first-order valence-corrected chi connectivity index (χ1v) is 14.3. The number of carbonyl (C=O) groups excluding carboxylic acids is 2. The van der Waals surface area contributed by atoms with Crippen molar-refractivity contribution in [1.29, 1.82) is 0 Å². The molecule has 2 amide bonds. The van der Waals surface area contributed by atoms with Gasteiger partial charge >= 0.3 is 0 Å². The molecular formula is C30H34N6O4S. The molecule has 10 nitrogen and oxygen atoms in total. The third kappa shape index (κ3) is 6.70. The van der Waals surface area contributed by atoms with Crippen LogP contribution in [0.15, 0.2) is 61.2 Å². The average molecular weight is 575 g/mol. The number of thiazole rings is 1. The van der Waals surface area contributed by atoms with Crippen LogP contribution in [0.1, 0.15) is 39.6 Å². The highest BCUT2D eigenvalue weighted by Crippen LogP contribution is 2.28. The van der Waals surface area contributed by atoms with Crippen LogP contribution in [0.3, 0.4) is 0 Å². The molecule has 0 radical (unpaired) electrons. The van der Waals surface area contributed by atoms with Crippen molar-refractivity contribution in [3.05, 3.63) is 77.3 Å². The molecule has 0 unspecified atom stereocenters. The quantitative estimate of drug-likeness (QED) is 0.375. The summed E-state index contributed by atoms with van der Waals surface area (Å²) in [5.74, 6) is 0.0526. The van der Waals surface area contributed by atoms with Crippen molar-refractivity contribution in [2.45, 2.75) is 32.5 Å². The predicted molar refractivity (Wildman–Crippen MR) is 158 cm³/mol. The number of hydrogen-bond acceptors (Lipinski definition) is 9. The van der Waals surface area contributed by atoms with E-state index in [2.05, 4.69) is 39.0 Å². The van der Waals surface area contributed by atoms with Gasteiger partial charge in [-0.3, -0.25) is 14.5 Å². The van der Waals surface area contributed by atoms with Crippen molar-refractivity contribution in [3.8, 4) is 5.75 Å². The lowest BCUT2D eigenvalue weighted by molar-refractivity contribution is 0.00918. The molecule has 0 spiro atoms. The van der Waals surface area contributed by atoms with Gasteiger partial charge in [0.05, 0.1) is 21.9 Å². The number of anilines is 1. The zero-order chi connectivity index (χ0) is 28.9. The molecule has 214 valence electrons. The summed E-state index contributed by atoms with van der Waals surface area (Å²) in [5, 5.41) is 3.28. The maximum absolute atomic E-state index is 13.5. The average Bonchev–Trinajstić information content (AvgIpc) is 3.43. The van der Waals surface area contributed by atoms with Gasteiger partial charge < -0.3 is 19.7 Å². The largest absolute Gasteiger partial charge is 0.491 e. The highest BCUT2D eigenvalue weighted by molar-refractivity contribution is 7.20. The van der Waals surface area contributed by atoms with E-state index in [0.29, 0.717) is 41.7 Å². The van der Waals surface area contributed by atoms with E-state index in [0.717, 1.165) is 22.3 Å². The minimum Gasteiger partial charge on any atom is -0.491 e. The minimum absolute atomic E-state index is 0.00346. The number of aromatic nitrogens is 3. The molecule has 4 aromatic rings. The normalized spacial score (nSPS) is 20.5. The minimum atomic E-state index is -0.315. The zero-order valence-corrected chi connectivity index (χ0v) is 24.4. The van der Waals surface area contributed by atoms with E-state index < -0.39 is 0 Å². The van der Waals surface area contributed by atoms with Crippen LogP contribution >= 0.6 is 11.3 Å². The lowest BCUT2D eigenvalue weighted by Gasteiger charge is -2.36. The molecule has 2 aromatic heterocycles. The fraction of sp³-hybridized carbons (Fsp3) is 0.367. The number of likely N-dealkylation sites (N-methyl/N-ethyl adjacent to an activating group) is 1. The molecule has 2 aromatic carbocycles. The van der Waals surface area contributed by atoms with Gasteiger partial charge in [0, 0.05) is 69.5 Å². The van der Waals surface area contributed by atoms with Crippen molar-refractivity contribution < 1.29 is 19.1 Å². The highest BCUT2D eigenvalue weighted by Gasteiger charge is 2.28. The van der Waals surface area contributed by atoms with Crippen LogP contribution in [-0.2, 0) is 11.3 Å². The number of fused-ring (bicyclic) bond motifs is 2. The molecule has 0 fully saturated rings. The Balaban J connectivity index is 1.42. The predicted octanol–water partition coefficient (Wildman–Crippen LogP) is 4.34. The summed E-state index contributed by atoms with van der Waals surface area (Å²) < 4.78 is 13.1. The van der Waals surface area contributed by atoms with Crippen molar-refractivity contribution in [1.82, 2.24) is 24.8 Å². The maximum Gasteiger partial charge on any atom is 0.284 e. The number of benzene rings is 2. The molecule has 1 N–H and O–H groups in total. The molecule has 0 saturated carbocycles. The third-order valence-corrected chi connectivity index (χ3v) is 8.36. The summed E-state index contributed by atoms with van der Waals surface area (Å²) in [5.41, 5.74) is 2.72. The first-order valence-electron chi connectivity index (χ1n) is 13.5. The summed E-state index contributed by atoms with van der Waals surface area (Å²) in [6, 6.07) is 12.7. The Kier molecular flexibility index (Phi) is 8.87. The van der Waals surface area contributed by atoms with Gasteiger partial charge in [0.1, 0.15) is 18.7 Å². The van der Waals surface area contributed by atoms with Crippen LogP contribution in [0.2, 0.25) is 0 Å². The van der Waals surface area contributed by atoms with E-state index in [1.807, 2.05) is 36.7 Å². The fourth-order valence-corrected chi connectivity index (χ4v) is 5.81. The molecular weight excluding hydrogens is 540 g/mol. The van der Waals surface area contributed by atoms with Crippen LogP contribution in [0.4, 0.5) is 5.69 Å². The molecule has 5 rings (SSSR count). The first-order chi connectivity index (χ1) is 19.8. The highest BCUT2D eigenvalue weighted by atomic mass is 32.1. The summed E-state index contributed by atoms with van der Waals surface area (Å²) in [4.78, 5) is 43.3. The Hall–Kier alpha value is -3.93. The Bertz CT molecular complexity index is 1480. The Morgan fingerprint density at radius 2 is 1.93 bits per heavy atom. The molecule has 1 aliphatic rings. The fourth-order valence-electron chi connectivity index (χ4n) is 4.95. The second-order valence-corrected chi connectivity index (χ2v) is 11.5. The number of ether oxygens (including phenoxy) is 2. The number of hydrogen-bond donors (Lipinski definition) is 1. The van der Waals surface area contributed by atoms with Gasteiger partial charge in [-0.15, -0.1) is 11.3 Å². The first kappa shape index (κ1) is 28.6. The lowest BCUT2D eigenvalue weighted by atomic mass is 10.0. The number of nitrogens with one attached hydrogen (secondary N) is 1. The van der Waals surface area contributed by atoms with Gasteiger partial charge in [0.25, 0.3) is 11.8 Å². The van der Waals surface area contributed by atoms with Gasteiger partial charge in [-0.05, 0) is 37.1 Å². The van der Waals surface area contributed by atoms with Gasteiger partial charge in [-0.1, -0.05) is 19.1 Å². The molecule has 11 heteroatoms. The molecule has 0 saturated heterocycles. The zero-order valence-electron chi connectivity index (χ0n) is 23.6. The molecule has 0 bridgehead atoms. The van der Waals surface area contributed by atoms with Crippen LogP contribution in [0.5, 0.6) is 5.75 Å². The van der Waals surface area contributed by atoms with Crippen molar-refractivity contribution >= 4 is 39.1 Å². The molecule has 3 atom stereocenters. The van der Waals surface area contributed by atoms with Crippen molar-refractivity contribution in [2.24, 2.45) is 5.92 Å². The number of amides is 2. The topological polar surface area (TPSA) is 110 Å².